The number of hydrogen-bond donors (Lipinski definition) is 2. The molecule has 2 N–H and O–H groups in total. The number of imidazole rings is 1. The lowest BCUT2D eigenvalue weighted by Crippen LogP contribution is -1.98. The van der Waals surface area contributed by atoms with Gasteiger partial charge in [-0.15, -0.1) is 0 Å². The molecule has 0 unspecified atom stereocenters. The van der Waals surface area contributed by atoms with Crippen LogP contribution in [0.2, 0.25) is 0 Å². The summed E-state index contributed by atoms with van der Waals surface area (Å²) in [5.74, 6) is -0.149. The molecule has 0 fully saturated rings. The third-order valence-corrected chi connectivity index (χ3v) is 2.85. The molecule has 0 aliphatic heterocycles. The van der Waals surface area contributed by atoms with Crippen LogP contribution in [-0.2, 0) is 6.42 Å². The van der Waals surface area contributed by atoms with Crippen LogP contribution in [0.1, 0.15) is 21.7 Å². The number of aromatic carboxylic acids is 1. The molecule has 0 spiro atoms. The standard InChI is InChI=1S/C14H11N3O2/c18-14(19)10-4-1-3-9(7-10)8-12-16-11-5-2-6-15-13(11)17-12/h1-7H,8H2,(H,18,19)(H,15,16,17). The summed E-state index contributed by atoms with van der Waals surface area (Å²) >= 11 is 0. The third kappa shape index (κ3) is 2.30. The zero-order valence-electron chi connectivity index (χ0n) is 10.00. The van der Waals surface area contributed by atoms with Crippen molar-refractivity contribution in [3.63, 3.8) is 0 Å². The van der Waals surface area contributed by atoms with Crippen molar-refractivity contribution in [3.8, 4) is 0 Å². The molecule has 0 aliphatic rings. The molecule has 0 aliphatic carbocycles. The number of aromatic nitrogens is 3. The van der Waals surface area contributed by atoms with Crippen molar-refractivity contribution in [1.82, 2.24) is 15.0 Å². The number of carboxylic acids is 1. The predicted molar refractivity (Wildman–Crippen MR) is 70.1 cm³/mol. The highest BCUT2D eigenvalue weighted by Crippen LogP contribution is 2.13. The van der Waals surface area contributed by atoms with E-state index in [9.17, 15) is 4.79 Å². The van der Waals surface area contributed by atoms with Crippen LogP contribution >= 0.6 is 0 Å². The van der Waals surface area contributed by atoms with Crippen LogP contribution in [0.4, 0.5) is 0 Å². The number of H-pyrrole nitrogens is 1. The summed E-state index contributed by atoms with van der Waals surface area (Å²) in [4.78, 5) is 22.6. The van der Waals surface area contributed by atoms with E-state index in [-0.39, 0.29) is 5.56 Å². The highest BCUT2D eigenvalue weighted by molar-refractivity contribution is 5.87. The molecule has 2 aromatic heterocycles. The highest BCUT2D eigenvalue weighted by Gasteiger charge is 2.07. The molecule has 5 heteroatoms. The molecular formula is C14H11N3O2. The monoisotopic (exact) mass is 253 g/mol. The minimum atomic E-state index is -0.923. The van der Waals surface area contributed by atoms with Gasteiger partial charge in [-0.2, -0.15) is 0 Å². The van der Waals surface area contributed by atoms with Gasteiger partial charge in [0.15, 0.2) is 5.65 Å². The van der Waals surface area contributed by atoms with E-state index in [1.807, 2.05) is 18.2 Å². The molecular weight excluding hydrogens is 242 g/mol. The van der Waals surface area contributed by atoms with Crippen LogP contribution in [0.3, 0.4) is 0 Å². The maximum Gasteiger partial charge on any atom is 0.335 e. The molecule has 2 heterocycles. The molecule has 3 aromatic rings. The van der Waals surface area contributed by atoms with Gasteiger partial charge in [-0.1, -0.05) is 12.1 Å². The molecule has 0 saturated carbocycles. The average molecular weight is 253 g/mol. The molecule has 0 atom stereocenters. The smallest absolute Gasteiger partial charge is 0.335 e. The summed E-state index contributed by atoms with van der Waals surface area (Å²) in [6.07, 6.45) is 2.25. The Morgan fingerprint density at radius 1 is 1.26 bits per heavy atom. The Balaban J connectivity index is 1.92. The average Bonchev–Trinajstić information content (AvgIpc) is 2.81. The Kier molecular flexibility index (Phi) is 2.72. The zero-order valence-corrected chi connectivity index (χ0v) is 10.00. The number of pyridine rings is 1. The third-order valence-electron chi connectivity index (χ3n) is 2.85. The number of hydrogen-bond acceptors (Lipinski definition) is 3. The molecule has 0 amide bonds. The van der Waals surface area contributed by atoms with Crippen molar-refractivity contribution < 1.29 is 9.90 Å². The quantitative estimate of drug-likeness (QED) is 0.750. The second-order valence-corrected chi connectivity index (χ2v) is 4.24. The first-order valence-electron chi connectivity index (χ1n) is 5.84. The summed E-state index contributed by atoms with van der Waals surface area (Å²) in [6.45, 7) is 0. The Morgan fingerprint density at radius 2 is 2.16 bits per heavy atom. The molecule has 0 saturated heterocycles. The summed E-state index contributed by atoms with van der Waals surface area (Å²) in [6, 6.07) is 10.6. The van der Waals surface area contributed by atoms with Crippen molar-refractivity contribution in [2.75, 3.05) is 0 Å². The van der Waals surface area contributed by atoms with Crippen LogP contribution in [-0.4, -0.2) is 26.0 Å². The lowest BCUT2D eigenvalue weighted by molar-refractivity contribution is 0.0697. The second kappa shape index (κ2) is 4.53. The maximum atomic E-state index is 10.9. The fourth-order valence-electron chi connectivity index (χ4n) is 1.99. The van der Waals surface area contributed by atoms with E-state index in [0.29, 0.717) is 12.1 Å². The van der Waals surface area contributed by atoms with E-state index in [1.165, 1.54) is 0 Å². The molecule has 0 bridgehead atoms. The summed E-state index contributed by atoms with van der Waals surface area (Å²) in [5.41, 5.74) is 2.74. The van der Waals surface area contributed by atoms with Gasteiger partial charge in [0.05, 0.1) is 11.1 Å². The molecule has 94 valence electrons. The number of carboxylic acid groups (broad SMARTS) is 1. The van der Waals surface area contributed by atoms with Crippen molar-refractivity contribution in [3.05, 3.63) is 59.5 Å². The number of nitrogens with one attached hydrogen (secondary N) is 1. The van der Waals surface area contributed by atoms with Crippen molar-refractivity contribution in [2.45, 2.75) is 6.42 Å². The number of nitrogens with zero attached hydrogens (tertiary/aromatic N) is 2. The van der Waals surface area contributed by atoms with Gasteiger partial charge in [-0.3, -0.25) is 0 Å². The van der Waals surface area contributed by atoms with E-state index < -0.39 is 5.97 Å². The summed E-state index contributed by atoms with van der Waals surface area (Å²) in [7, 11) is 0. The van der Waals surface area contributed by atoms with E-state index >= 15 is 0 Å². The highest BCUT2D eigenvalue weighted by atomic mass is 16.4. The van der Waals surface area contributed by atoms with Crippen LogP contribution in [0.5, 0.6) is 0 Å². The Hall–Kier alpha value is -2.69. The zero-order chi connectivity index (χ0) is 13.2. The summed E-state index contributed by atoms with van der Waals surface area (Å²) in [5, 5.41) is 8.96. The topological polar surface area (TPSA) is 78.9 Å². The molecule has 19 heavy (non-hydrogen) atoms. The van der Waals surface area contributed by atoms with E-state index in [4.69, 9.17) is 5.11 Å². The SMILES string of the molecule is O=C(O)c1cccc(Cc2nc3ncccc3[nH]2)c1. The van der Waals surface area contributed by atoms with Gasteiger partial charge in [0.2, 0.25) is 0 Å². The summed E-state index contributed by atoms with van der Waals surface area (Å²) < 4.78 is 0. The first-order chi connectivity index (χ1) is 9.22. The Bertz CT molecular complexity index is 716. The second-order valence-electron chi connectivity index (χ2n) is 4.24. The number of rotatable bonds is 3. The van der Waals surface area contributed by atoms with Crippen LogP contribution in [0.25, 0.3) is 11.2 Å². The molecule has 3 rings (SSSR count). The lowest BCUT2D eigenvalue weighted by Gasteiger charge is -2.00. The number of fused-ring (bicyclic) bond motifs is 1. The molecule has 5 nitrogen and oxygen atoms in total. The van der Waals surface area contributed by atoms with Gasteiger partial charge >= 0.3 is 5.97 Å². The van der Waals surface area contributed by atoms with Gasteiger partial charge in [0.1, 0.15) is 5.82 Å². The van der Waals surface area contributed by atoms with Gasteiger partial charge in [-0.25, -0.2) is 14.8 Å². The number of aromatic amines is 1. The fraction of sp³-hybridized carbons (Fsp3) is 0.0714. The maximum absolute atomic E-state index is 10.9. The van der Waals surface area contributed by atoms with Gasteiger partial charge in [0, 0.05) is 12.6 Å². The molecule has 1 aromatic carbocycles. The van der Waals surface area contributed by atoms with Crippen molar-refractivity contribution >= 4 is 17.1 Å². The number of benzene rings is 1. The minimum Gasteiger partial charge on any atom is -0.478 e. The molecule has 0 radical (unpaired) electrons. The van der Waals surface area contributed by atoms with E-state index in [1.54, 1.807) is 24.4 Å². The van der Waals surface area contributed by atoms with Crippen molar-refractivity contribution in [1.29, 1.82) is 0 Å². The van der Waals surface area contributed by atoms with Crippen molar-refractivity contribution in [2.24, 2.45) is 0 Å². The normalized spacial score (nSPS) is 10.7. The lowest BCUT2D eigenvalue weighted by atomic mass is 10.1. The largest absolute Gasteiger partial charge is 0.478 e. The first-order valence-corrected chi connectivity index (χ1v) is 5.84. The van der Waals surface area contributed by atoms with Crippen LogP contribution in [0.15, 0.2) is 42.6 Å². The van der Waals surface area contributed by atoms with Gasteiger partial charge < -0.3 is 10.1 Å². The minimum absolute atomic E-state index is 0.284. The van der Waals surface area contributed by atoms with Gasteiger partial charge in [-0.05, 0) is 29.8 Å². The fourth-order valence-corrected chi connectivity index (χ4v) is 1.99. The van der Waals surface area contributed by atoms with E-state index in [2.05, 4.69) is 15.0 Å². The van der Waals surface area contributed by atoms with Crippen LogP contribution in [0, 0.1) is 0 Å². The predicted octanol–water partition coefficient (Wildman–Crippen LogP) is 2.25. The first kappa shape index (κ1) is 11.4. The Morgan fingerprint density at radius 3 is 2.95 bits per heavy atom. The van der Waals surface area contributed by atoms with Crippen LogP contribution < -0.4 is 0 Å². The number of carbonyl (C=O) groups is 1. The Labute approximate surface area is 109 Å². The van der Waals surface area contributed by atoms with Gasteiger partial charge in [0.25, 0.3) is 0 Å². The van der Waals surface area contributed by atoms with E-state index in [0.717, 1.165) is 16.9 Å².